The van der Waals surface area contributed by atoms with E-state index in [4.69, 9.17) is 14.9 Å². The number of pyridine rings is 1. The number of nitrogens with one attached hydrogen (secondary N) is 1. The molecule has 2 amide bonds. The van der Waals surface area contributed by atoms with Gasteiger partial charge in [-0.2, -0.15) is 0 Å². The number of nitrogens with zero attached hydrogens (tertiary/aromatic N) is 1. The van der Waals surface area contributed by atoms with Gasteiger partial charge in [0.1, 0.15) is 22.6 Å². The van der Waals surface area contributed by atoms with E-state index in [0.29, 0.717) is 0 Å². The zero-order valence-corrected chi connectivity index (χ0v) is 12.6. The molecule has 2 rings (SSSR count). The van der Waals surface area contributed by atoms with Crippen LogP contribution in [-0.2, 0) is 4.74 Å². The standard InChI is InChI=1S/C15H15N3O5/c1-3-22-15(21)10-8(2)23-14(11(10)12(16)19)18-13(20)9-6-4-5-7-17-9/h4-7H,3H2,1-2H3,(H2,16,19)(H,18,20). The van der Waals surface area contributed by atoms with Crippen LogP contribution >= 0.6 is 0 Å². The fourth-order valence-corrected chi connectivity index (χ4v) is 1.98. The number of ether oxygens (including phenoxy) is 1. The predicted octanol–water partition coefficient (Wildman–Crippen LogP) is 1.51. The lowest BCUT2D eigenvalue weighted by molar-refractivity contribution is 0.0521. The van der Waals surface area contributed by atoms with Gasteiger partial charge in [-0.3, -0.25) is 19.9 Å². The third-order valence-corrected chi connectivity index (χ3v) is 2.93. The van der Waals surface area contributed by atoms with E-state index in [0.717, 1.165) is 0 Å². The Morgan fingerprint density at radius 2 is 2.04 bits per heavy atom. The molecule has 0 unspecified atom stereocenters. The number of furan rings is 1. The zero-order chi connectivity index (χ0) is 17.0. The van der Waals surface area contributed by atoms with Crippen molar-refractivity contribution in [3.8, 4) is 0 Å². The molecule has 0 radical (unpaired) electrons. The average molecular weight is 317 g/mol. The number of aromatic nitrogens is 1. The number of esters is 1. The van der Waals surface area contributed by atoms with Gasteiger partial charge in [-0.25, -0.2) is 4.79 Å². The Kier molecular flexibility index (Phi) is 4.75. The molecule has 0 fully saturated rings. The van der Waals surface area contributed by atoms with Gasteiger partial charge in [0.2, 0.25) is 5.88 Å². The summed E-state index contributed by atoms with van der Waals surface area (Å²) in [5, 5.41) is 2.39. The van der Waals surface area contributed by atoms with Gasteiger partial charge in [-0.05, 0) is 26.0 Å². The second-order valence-electron chi connectivity index (χ2n) is 4.49. The van der Waals surface area contributed by atoms with E-state index in [9.17, 15) is 14.4 Å². The lowest BCUT2D eigenvalue weighted by Gasteiger charge is -2.04. The molecule has 0 saturated carbocycles. The van der Waals surface area contributed by atoms with Gasteiger partial charge in [0.05, 0.1) is 6.61 Å². The maximum atomic E-state index is 12.1. The van der Waals surface area contributed by atoms with Crippen LogP contribution in [0, 0.1) is 6.92 Å². The molecule has 2 aromatic heterocycles. The minimum atomic E-state index is -0.916. The summed E-state index contributed by atoms with van der Waals surface area (Å²) in [6, 6.07) is 4.77. The molecular weight excluding hydrogens is 302 g/mol. The number of carbonyl (C=O) groups is 3. The third-order valence-electron chi connectivity index (χ3n) is 2.93. The Bertz CT molecular complexity index is 752. The molecule has 0 aromatic carbocycles. The van der Waals surface area contributed by atoms with Crippen molar-refractivity contribution in [1.29, 1.82) is 0 Å². The summed E-state index contributed by atoms with van der Waals surface area (Å²) in [4.78, 5) is 39.6. The summed E-state index contributed by atoms with van der Waals surface area (Å²) < 4.78 is 10.2. The van der Waals surface area contributed by atoms with E-state index in [1.54, 1.807) is 19.1 Å². The van der Waals surface area contributed by atoms with Crippen LogP contribution in [0.3, 0.4) is 0 Å². The molecule has 2 heterocycles. The van der Waals surface area contributed by atoms with Gasteiger partial charge in [0.25, 0.3) is 11.8 Å². The lowest BCUT2D eigenvalue weighted by atomic mass is 10.1. The maximum Gasteiger partial charge on any atom is 0.342 e. The first-order chi connectivity index (χ1) is 11.0. The highest BCUT2D eigenvalue weighted by molar-refractivity contribution is 6.12. The fraction of sp³-hybridized carbons (Fsp3) is 0.200. The number of nitrogens with two attached hydrogens (primary N) is 1. The molecule has 2 aromatic rings. The number of rotatable bonds is 5. The molecule has 0 aliphatic carbocycles. The summed E-state index contributed by atoms with van der Waals surface area (Å²) in [5.41, 5.74) is 5.09. The van der Waals surface area contributed by atoms with Crippen molar-refractivity contribution in [1.82, 2.24) is 4.98 Å². The Hall–Kier alpha value is -3.16. The average Bonchev–Trinajstić information content (AvgIpc) is 2.84. The van der Waals surface area contributed by atoms with Crippen molar-refractivity contribution >= 4 is 23.7 Å². The first kappa shape index (κ1) is 16.2. The molecule has 0 saturated heterocycles. The van der Waals surface area contributed by atoms with Gasteiger partial charge in [-0.1, -0.05) is 6.07 Å². The van der Waals surface area contributed by atoms with Crippen LogP contribution in [-0.4, -0.2) is 29.4 Å². The Balaban J connectivity index is 2.39. The minimum absolute atomic E-state index is 0.101. The normalized spacial score (nSPS) is 10.2. The molecule has 0 aliphatic heterocycles. The van der Waals surface area contributed by atoms with Gasteiger partial charge < -0.3 is 14.9 Å². The molecule has 0 aliphatic rings. The molecule has 8 nitrogen and oxygen atoms in total. The van der Waals surface area contributed by atoms with Gasteiger partial charge >= 0.3 is 5.97 Å². The van der Waals surface area contributed by atoms with E-state index in [1.807, 2.05) is 0 Å². The minimum Gasteiger partial charge on any atom is -0.462 e. The highest BCUT2D eigenvalue weighted by Crippen LogP contribution is 2.27. The largest absolute Gasteiger partial charge is 0.462 e. The van der Waals surface area contributed by atoms with Crippen molar-refractivity contribution in [2.75, 3.05) is 11.9 Å². The number of anilines is 1. The smallest absolute Gasteiger partial charge is 0.342 e. The topological polar surface area (TPSA) is 125 Å². The predicted molar refractivity (Wildman–Crippen MR) is 80.1 cm³/mol. The number of primary amides is 1. The summed E-state index contributed by atoms with van der Waals surface area (Å²) in [5.74, 6) is -2.36. The number of aryl methyl sites for hydroxylation is 1. The summed E-state index contributed by atoms with van der Waals surface area (Å²) in [7, 11) is 0. The van der Waals surface area contributed by atoms with Crippen molar-refractivity contribution < 1.29 is 23.5 Å². The lowest BCUT2D eigenvalue weighted by Crippen LogP contribution is -2.20. The molecule has 120 valence electrons. The van der Waals surface area contributed by atoms with Crippen LogP contribution in [0.5, 0.6) is 0 Å². The van der Waals surface area contributed by atoms with E-state index in [-0.39, 0.29) is 35.1 Å². The number of carbonyl (C=O) groups excluding carboxylic acids is 3. The Labute approximate surface area is 131 Å². The van der Waals surface area contributed by atoms with Gasteiger partial charge in [-0.15, -0.1) is 0 Å². The van der Waals surface area contributed by atoms with Crippen LogP contribution in [0.1, 0.15) is 43.9 Å². The molecular formula is C15H15N3O5. The fourth-order valence-electron chi connectivity index (χ4n) is 1.98. The molecule has 0 atom stereocenters. The van der Waals surface area contributed by atoms with Gasteiger partial charge in [0, 0.05) is 6.20 Å². The molecule has 3 N–H and O–H groups in total. The van der Waals surface area contributed by atoms with Crippen LogP contribution in [0.25, 0.3) is 0 Å². The number of hydrogen-bond acceptors (Lipinski definition) is 6. The summed E-state index contributed by atoms with van der Waals surface area (Å²) in [6.07, 6.45) is 1.45. The van der Waals surface area contributed by atoms with Crippen LogP contribution in [0.2, 0.25) is 0 Å². The summed E-state index contributed by atoms with van der Waals surface area (Å²) in [6.45, 7) is 3.22. The van der Waals surface area contributed by atoms with Crippen molar-refractivity contribution in [3.63, 3.8) is 0 Å². The van der Waals surface area contributed by atoms with E-state index in [1.165, 1.54) is 19.2 Å². The Morgan fingerprint density at radius 1 is 1.30 bits per heavy atom. The van der Waals surface area contributed by atoms with Crippen molar-refractivity contribution in [2.24, 2.45) is 5.73 Å². The maximum absolute atomic E-state index is 12.1. The highest BCUT2D eigenvalue weighted by atomic mass is 16.5. The zero-order valence-electron chi connectivity index (χ0n) is 12.6. The summed E-state index contributed by atoms with van der Waals surface area (Å²) >= 11 is 0. The van der Waals surface area contributed by atoms with Crippen molar-refractivity contribution in [3.05, 3.63) is 47.0 Å². The molecule has 0 spiro atoms. The highest BCUT2D eigenvalue weighted by Gasteiger charge is 2.29. The second-order valence-corrected chi connectivity index (χ2v) is 4.49. The van der Waals surface area contributed by atoms with Crippen LogP contribution in [0.15, 0.2) is 28.8 Å². The number of amides is 2. The number of hydrogen-bond donors (Lipinski definition) is 2. The van der Waals surface area contributed by atoms with Crippen molar-refractivity contribution in [2.45, 2.75) is 13.8 Å². The monoisotopic (exact) mass is 317 g/mol. The van der Waals surface area contributed by atoms with E-state index >= 15 is 0 Å². The first-order valence-corrected chi connectivity index (χ1v) is 6.78. The molecule has 0 bridgehead atoms. The van der Waals surface area contributed by atoms with E-state index < -0.39 is 17.8 Å². The van der Waals surface area contributed by atoms with Crippen LogP contribution < -0.4 is 11.1 Å². The first-order valence-electron chi connectivity index (χ1n) is 6.78. The SMILES string of the molecule is CCOC(=O)c1c(C)oc(NC(=O)c2ccccn2)c1C(N)=O. The molecule has 8 heteroatoms. The molecule has 23 heavy (non-hydrogen) atoms. The second kappa shape index (κ2) is 6.73. The van der Waals surface area contributed by atoms with E-state index in [2.05, 4.69) is 10.3 Å². The van der Waals surface area contributed by atoms with Crippen LogP contribution in [0.4, 0.5) is 5.88 Å². The Morgan fingerprint density at radius 3 is 2.61 bits per heavy atom. The quantitative estimate of drug-likeness (QED) is 0.805. The van der Waals surface area contributed by atoms with Gasteiger partial charge in [0.15, 0.2) is 0 Å². The third kappa shape index (κ3) is 3.37.